The van der Waals surface area contributed by atoms with Crippen molar-refractivity contribution in [2.45, 2.75) is 6.92 Å². The van der Waals surface area contributed by atoms with E-state index in [-0.39, 0.29) is 11.6 Å². The van der Waals surface area contributed by atoms with E-state index in [0.29, 0.717) is 10.6 Å². The molecule has 0 bridgehead atoms. The largest absolute Gasteiger partial charge is 0.464 e. The van der Waals surface area contributed by atoms with Crippen LogP contribution in [0.2, 0.25) is 0 Å². The third-order valence-electron chi connectivity index (χ3n) is 1.60. The molecule has 1 amide bonds. The molecule has 3 N–H and O–H groups in total. The van der Waals surface area contributed by atoms with Crippen molar-refractivity contribution in [1.29, 1.82) is 0 Å². The maximum atomic E-state index is 11.0. The van der Waals surface area contributed by atoms with Gasteiger partial charge in [0.2, 0.25) is 0 Å². The first-order chi connectivity index (χ1) is 6.52. The minimum Gasteiger partial charge on any atom is -0.464 e. The highest BCUT2D eigenvalue weighted by molar-refractivity contribution is 5.95. The number of pyridine rings is 1. The van der Waals surface area contributed by atoms with Crippen molar-refractivity contribution in [3.05, 3.63) is 23.9 Å². The summed E-state index contributed by atoms with van der Waals surface area (Å²) in [5, 5.41) is 8.99. The van der Waals surface area contributed by atoms with E-state index >= 15 is 0 Å². The zero-order valence-electron chi connectivity index (χ0n) is 7.47. The molecule has 1 heterocycles. The van der Waals surface area contributed by atoms with E-state index in [9.17, 15) is 9.59 Å². The lowest BCUT2D eigenvalue weighted by Crippen LogP contribution is -2.36. The van der Waals surface area contributed by atoms with Crippen LogP contribution >= 0.6 is 0 Å². The Morgan fingerprint density at radius 3 is 2.71 bits per heavy atom. The maximum absolute atomic E-state index is 11.0. The Bertz CT molecular complexity index is 378. The minimum absolute atomic E-state index is 0.0187. The van der Waals surface area contributed by atoms with Crippen LogP contribution in [0.1, 0.15) is 17.3 Å². The highest BCUT2D eigenvalue weighted by atomic mass is 16.4. The number of carboxylic acid groups (broad SMARTS) is 1. The standard InChI is InChI=1S/C8H9N3O3/c1-5(12)6-2-3-10-7(4-6)11(9)8(13)14/h2-4H,9H2,1H3,(H,13,14). The van der Waals surface area contributed by atoms with E-state index in [1.165, 1.54) is 25.3 Å². The van der Waals surface area contributed by atoms with E-state index in [2.05, 4.69) is 4.98 Å². The van der Waals surface area contributed by atoms with Crippen molar-refractivity contribution < 1.29 is 14.7 Å². The van der Waals surface area contributed by atoms with Crippen molar-refractivity contribution in [3.63, 3.8) is 0 Å². The summed E-state index contributed by atoms with van der Waals surface area (Å²) in [4.78, 5) is 25.1. The fraction of sp³-hybridized carbons (Fsp3) is 0.125. The molecule has 0 unspecified atom stereocenters. The van der Waals surface area contributed by atoms with Gasteiger partial charge in [-0.05, 0) is 19.1 Å². The third-order valence-corrected chi connectivity index (χ3v) is 1.60. The van der Waals surface area contributed by atoms with Gasteiger partial charge in [-0.3, -0.25) is 4.79 Å². The summed E-state index contributed by atoms with van der Waals surface area (Å²) in [5.41, 5.74) is 0.367. The third kappa shape index (κ3) is 2.05. The molecule has 1 rings (SSSR count). The Morgan fingerprint density at radius 1 is 1.57 bits per heavy atom. The van der Waals surface area contributed by atoms with Crippen molar-refractivity contribution >= 4 is 17.7 Å². The quantitative estimate of drug-likeness (QED) is 0.312. The normalized spacial score (nSPS) is 9.57. The summed E-state index contributed by atoms with van der Waals surface area (Å²) in [6, 6.07) is 2.80. The fourth-order valence-electron chi connectivity index (χ4n) is 0.867. The number of aromatic nitrogens is 1. The van der Waals surface area contributed by atoms with Crippen LogP contribution in [0.5, 0.6) is 0 Å². The molecule has 0 atom stereocenters. The van der Waals surface area contributed by atoms with Gasteiger partial charge in [-0.25, -0.2) is 15.6 Å². The van der Waals surface area contributed by atoms with Gasteiger partial charge in [0.25, 0.3) is 0 Å². The first-order valence-electron chi connectivity index (χ1n) is 3.77. The number of carbonyl (C=O) groups excluding carboxylic acids is 1. The first-order valence-corrected chi connectivity index (χ1v) is 3.77. The number of rotatable bonds is 2. The number of hydrogen-bond donors (Lipinski definition) is 2. The smallest absolute Gasteiger partial charge is 0.427 e. The van der Waals surface area contributed by atoms with Gasteiger partial charge in [0.15, 0.2) is 11.6 Å². The molecule has 0 spiro atoms. The average Bonchev–Trinajstić information content (AvgIpc) is 2.16. The lowest BCUT2D eigenvalue weighted by molar-refractivity contribution is 0.101. The van der Waals surface area contributed by atoms with E-state index in [1.54, 1.807) is 0 Å². The number of nitrogens with zero attached hydrogens (tertiary/aromatic N) is 2. The number of carbonyl (C=O) groups is 2. The molecule has 1 aromatic rings. The molecule has 0 radical (unpaired) electrons. The highest BCUT2D eigenvalue weighted by Gasteiger charge is 2.11. The van der Waals surface area contributed by atoms with Crippen LogP contribution in [-0.2, 0) is 0 Å². The molecule has 0 fully saturated rings. The minimum atomic E-state index is -1.33. The molecule has 0 aliphatic heterocycles. The van der Waals surface area contributed by atoms with Gasteiger partial charge in [0.05, 0.1) is 0 Å². The Labute approximate surface area is 79.9 Å². The Morgan fingerprint density at radius 2 is 2.21 bits per heavy atom. The van der Waals surface area contributed by atoms with Crippen LogP contribution in [0.25, 0.3) is 0 Å². The van der Waals surface area contributed by atoms with Gasteiger partial charge in [-0.15, -0.1) is 0 Å². The average molecular weight is 195 g/mol. The molecule has 14 heavy (non-hydrogen) atoms. The second-order valence-corrected chi connectivity index (χ2v) is 2.61. The summed E-state index contributed by atoms with van der Waals surface area (Å²) in [6.07, 6.45) is -0.00676. The number of hydrogen-bond acceptors (Lipinski definition) is 4. The molecular formula is C8H9N3O3. The van der Waals surface area contributed by atoms with Crippen LogP contribution in [-0.4, -0.2) is 22.0 Å². The van der Waals surface area contributed by atoms with Crippen LogP contribution in [0.4, 0.5) is 10.6 Å². The SMILES string of the molecule is CC(=O)c1ccnc(N(N)C(=O)O)c1. The fourth-order valence-corrected chi connectivity index (χ4v) is 0.867. The number of anilines is 1. The first kappa shape index (κ1) is 10.1. The lowest BCUT2D eigenvalue weighted by atomic mass is 10.2. The molecule has 0 aliphatic carbocycles. The topological polar surface area (TPSA) is 96.5 Å². The molecule has 74 valence electrons. The number of nitrogens with two attached hydrogens (primary N) is 1. The summed E-state index contributed by atoms with van der Waals surface area (Å²) in [6.45, 7) is 1.38. The number of Topliss-reactive ketones (excluding diaryl/α,β-unsaturated/α-hetero) is 1. The van der Waals surface area contributed by atoms with Crippen LogP contribution in [0, 0.1) is 0 Å². The van der Waals surface area contributed by atoms with Gasteiger partial charge in [-0.1, -0.05) is 0 Å². The Balaban J connectivity index is 3.05. The van der Waals surface area contributed by atoms with E-state index in [0.717, 1.165) is 0 Å². The van der Waals surface area contributed by atoms with E-state index in [1.807, 2.05) is 0 Å². The number of hydrazine groups is 1. The van der Waals surface area contributed by atoms with Gasteiger partial charge in [-0.2, -0.15) is 5.01 Å². The molecule has 1 aromatic heterocycles. The van der Waals surface area contributed by atoms with Crippen molar-refractivity contribution in [3.8, 4) is 0 Å². The van der Waals surface area contributed by atoms with Gasteiger partial charge >= 0.3 is 6.09 Å². The molecule has 6 nitrogen and oxygen atoms in total. The van der Waals surface area contributed by atoms with Crippen LogP contribution < -0.4 is 10.9 Å². The van der Waals surface area contributed by atoms with Crippen molar-refractivity contribution in [2.75, 3.05) is 5.01 Å². The maximum Gasteiger partial charge on any atom is 0.427 e. The molecular weight excluding hydrogens is 186 g/mol. The second kappa shape index (κ2) is 3.84. The Hall–Kier alpha value is -1.95. The van der Waals surface area contributed by atoms with Crippen molar-refractivity contribution in [2.24, 2.45) is 5.84 Å². The molecule has 0 aromatic carbocycles. The summed E-state index contributed by atoms with van der Waals surface area (Å²) < 4.78 is 0. The monoisotopic (exact) mass is 195 g/mol. The van der Waals surface area contributed by atoms with Gasteiger partial charge in [0, 0.05) is 11.8 Å². The van der Waals surface area contributed by atoms with E-state index < -0.39 is 6.09 Å². The number of ketones is 1. The van der Waals surface area contributed by atoms with Crippen LogP contribution in [0.3, 0.4) is 0 Å². The molecule has 6 heteroatoms. The van der Waals surface area contributed by atoms with E-state index in [4.69, 9.17) is 10.9 Å². The second-order valence-electron chi connectivity index (χ2n) is 2.61. The summed E-state index contributed by atoms with van der Waals surface area (Å²) in [5.74, 6) is 5.01. The van der Waals surface area contributed by atoms with Gasteiger partial charge in [0.1, 0.15) is 0 Å². The highest BCUT2D eigenvalue weighted by Crippen LogP contribution is 2.10. The van der Waals surface area contributed by atoms with Gasteiger partial charge < -0.3 is 5.11 Å². The molecule has 0 aliphatic rings. The van der Waals surface area contributed by atoms with Crippen LogP contribution in [0.15, 0.2) is 18.3 Å². The zero-order valence-corrected chi connectivity index (χ0v) is 7.47. The predicted octanol–water partition coefficient (Wildman–Crippen LogP) is 0.642. The molecule has 0 saturated carbocycles. The Kier molecular flexibility index (Phi) is 2.78. The molecule has 0 saturated heterocycles. The lowest BCUT2D eigenvalue weighted by Gasteiger charge is -2.11. The predicted molar refractivity (Wildman–Crippen MR) is 48.9 cm³/mol. The summed E-state index contributed by atoms with van der Waals surface area (Å²) in [7, 11) is 0. The van der Waals surface area contributed by atoms with Crippen molar-refractivity contribution in [1.82, 2.24) is 4.98 Å². The zero-order chi connectivity index (χ0) is 10.7. The summed E-state index contributed by atoms with van der Waals surface area (Å²) >= 11 is 0. The number of amides is 1.